The van der Waals surface area contributed by atoms with Crippen molar-refractivity contribution in [2.75, 3.05) is 0 Å². The zero-order valence-electron chi connectivity index (χ0n) is 10.0. The number of hydrogen-bond donors (Lipinski definition) is 0. The quantitative estimate of drug-likeness (QED) is 0.605. The maximum atomic E-state index is 12.8. The summed E-state index contributed by atoms with van der Waals surface area (Å²) in [6, 6.07) is 0. The van der Waals surface area contributed by atoms with Crippen molar-refractivity contribution in [2.45, 2.75) is 12.8 Å². The van der Waals surface area contributed by atoms with E-state index in [0.29, 0.717) is 23.4 Å². The van der Waals surface area contributed by atoms with Crippen LogP contribution in [0.2, 0.25) is 0 Å². The van der Waals surface area contributed by atoms with Crippen LogP contribution in [0.15, 0.2) is 35.5 Å². The molecule has 5 aliphatic rings. The maximum absolute atomic E-state index is 12.8. The highest BCUT2D eigenvalue weighted by Crippen LogP contribution is 2.59. The summed E-state index contributed by atoms with van der Waals surface area (Å²) in [6.45, 7) is 0. The third-order valence-electron chi connectivity index (χ3n) is 5.78. The molecule has 0 saturated heterocycles. The van der Waals surface area contributed by atoms with Crippen LogP contribution in [0.25, 0.3) is 0 Å². The Bertz CT molecular complexity index is 542. The van der Waals surface area contributed by atoms with E-state index in [1.807, 2.05) is 0 Å². The molecule has 6 atom stereocenters. The van der Waals surface area contributed by atoms with Crippen molar-refractivity contribution < 1.29 is 9.59 Å². The van der Waals surface area contributed by atoms with Gasteiger partial charge in [-0.1, -0.05) is 35.5 Å². The summed E-state index contributed by atoms with van der Waals surface area (Å²) in [6.07, 6.45) is 10.4. The summed E-state index contributed by atoms with van der Waals surface area (Å²) in [5, 5.41) is 0. The molecule has 0 spiro atoms. The Balaban J connectivity index is 1.68. The molecule has 4 bridgehead atoms. The van der Waals surface area contributed by atoms with Gasteiger partial charge in [0.1, 0.15) is 11.6 Å². The molecule has 0 aliphatic heterocycles. The molecule has 0 N–H and O–H groups in total. The first kappa shape index (κ1) is 9.48. The van der Waals surface area contributed by atoms with Crippen LogP contribution in [0.5, 0.6) is 0 Å². The number of hydrogen-bond acceptors (Lipinski definition) is 2. The topological polar surface area (TPSA) is 34.1 Å². The second kappa shape index (κ2) is 2.76. The summed E-state index contributed by atoms with van der Waals surface area (Å²) in [5.41, 5.74) is 2.41. The lowest BCUT2D eigenvalue weighted by Gasteiger charge is -2.38. The van der Waals surface area contributed by atoms with Gasteiger partial charge >= 0.3 is 0 Å². The largest absolute Gasteiger partial charge is 0.299 e. The molecule has 4 unspecified atom stereocenters. The standard InChI is InChI=1S/C16H14O2/c17-15-11-7-1-2-8(5-7)12(11)16(18)14-10-4-3-9(6-10)13(14)15/h1-4,7-8,11-14H,5-6H2/t7-,8+,11?,12?,13?,14?. The van der Waals surface area contributed by atoms with Crippen molar-refractivity contribution in [2.24, 2.45) is 35.5 Å². The molecule has 2 heteroatoms. The average molecular weight is 238 g/mol. The van der Waals surface area contributed by atoms with Gasteiger partial charge in [-0.15, -0.1) is 0 Å². The Morgan fingerprint density at radius 2 is 1.33 bits per heavy atom. The van der Waals surface area contributed by atoms with Crippen molar-refractivity contribution in [1.82, 2.24) is 0 Å². The molecule has 3 saturated carbocycles. The maximum Gasteiger partial charge on any atom is 0.145 e. The van der Waals surface area contributed by atoms with Gasteiger partial charge in [0, 0.05) is 11.8 Å². The van der Waals surface area contributed by atoms with Gasteiger partial charge in [-0.05, 0) is 24.7 Å². The van der Waals surface area contributed by atoms with Crippen molar-refractivity contribution in [3.05, 3.63) is 35.5 Å². The molecule has 0 aromatic rings. The molecule has 18 heavy (non-hydrogen) atoms. The number of ketones is 2. The highest BCUT2D eigenvalue weighted by Gasteiger charge is 2.62. The van der Waals surface area contributed by atoms with E-state index in [9.17, 15) is 9.59 Å². The Morgan fingerprint density at radius 1 is 0.833 bits per heavy atom. The van der Waals surface area contributed by atoms with Crippen LogP contribution in [-0.2, 0) is 9.59 Å². The number of allylic oxidation sites excluding steroid dienone is 6. The summed E-state index contributed by atoms with van der Waals surface area (Å²) < 4.78 is 0. The molecule has 5 rings (SSSR count). The van der Waals surface area contributed by atoms with Gasteiger partial charge in [-0.3, -0.25) is 9.59 Å². The van der Waals surface area contributed by atoms with Gasteiger partial charge in [0.2, 0.25) is 0 Å². The first-order valence-corrected chi connectivity index (χ1v) is 6.91. The van der Waals surface area contributed by atoms with E-state index >= 15 is 0 Å². The average Bonchev–Trinajstić information content (AvgIpc) is 3.10. The van der Waals surface area contributed by atoms with Crippen molar-refractivity contribution >= 4 is 11.6 Å². The van der Waals surface area contributed by atoms with Gasteiger partial charge in [-0.2, -0.15) is 0 Å². The fourth-order valence-corrected chi connectivity index (χ4v) is 5.13. The van der Waals surface area contributed by atoms with E-state index in [1.54, 1.807) is 0 Å². The molecule has 90 valence electrons. The van der Waals surface area contributed by atoms with Gasteiger partial charge in [-0.25, -0.2) is 0 Å². The van der Waals surface area contributed by atoms with Gasteiger partial charge < -0.3 is 0 Å². The molecule has 0 aromatic heterocycles. The molecule has 0 amide bonds. The fourth-order valence-electron chi connectivity index (χ4n) is 5.13. The number of fused-ring (bicyclic) bond motifs is 10. The minimum Gasteiger partial charge on any atom is -0.299 e. The monoisotopic (exact) mass is 238 g/mol. The SMILES string of the molecule is O=C1C2C3=CC=C(C3)C2C(=O)C2C1[C@@H]1C=C[C@H]2C1. The molecule has 0 aromatic carbocycles. The van der Waals surface area contributed by atoms with Gasteiger partial charge in [0.25, 0.3) is 0 Å². The van der Waals surface area contributed by atoms with Crippen LogP contribution in [0.4, 0.5) is 0 Å². The first-order chi connectivity index (χ1) is 8.75. The molecule has 3 fully saturated rings. The predicted octanol–water partition coefficient (Wildman–Crippen LogP) is 2.08. The second-order valence-corrected chi connectivity index (χ2v) is 6.42. The Morgan fingerprint density at radius 3 is 1.83 bits per heavy atom. The smallest absolute Gasteiger partial charge is 0.145 e. The Hall–Kier alpha value is -1.44. The Labute approximate surface area is 105 Å². The van der Waals surface area contributed by atoms with E-state index < -0.39 is 0 Å². The zero-order valence-corrected chi connectivity index (χ0v) is 10.0. The lowest BCUT2D eigenvalue weighted by Crippen LogP contribution is -2.48. The van der Waals surface area contributed by atoms with E-state index in [2.05, 4.69) is 24.3 Å². The van der Waals surface area contributed by atoms with Crippen molar-refractivity contribution in [3.63, 3.8) is 0 Å². The lowest BCUT2D eigenvalue weighted by atomic mass is 9.62. The minimum absolute atomic E-state index is 0.00889. The van der Waals surface area contributed by atoms with Crippen LogP contribution < -0.4 is 0 Å². The minimum atomic E-state index is -0.0773. The number of carbonyl (C=O) groups is 2. The fraction of sp³-hybridized carbons (Fsp3) is 0.500. The molecule has 5 aliphatic carbocycles. The summed E-state index contributed by atoms with van der Waals surface area (Å²) in [4.78, 5) is 25.5. The number of Topliss-reactive ketones (excluding diaryl/α,β-unsaturated/α-hetero) is 2. The number of carbonyl (C=O) groups excluding carboxylic acids is 2. The highest BCUT2D eigenvalue weighted by atomic mass is 16.1. The Kier molecular flexibility index (Phi) is 1.46. The van der Waals surface area contributed by atoms with E-state index in [-0.39, 0.29) is 23.7 Å². The summed E-state index contributed by atoms with van der Waals surface area (Å²) in [5.74, 6) is 1.31. The summed E-state index contributed by atoms with van der Waals surface area (Å²) >= 11 is 0. The van der Waals surface area contributed by atoms with E-state index in [4.69, 9.17) is 0 Å². The summed E-state index contributed by atoms with van der Waals surface area (Å²) in [7, 11) is 0. The van der Waals surface area contributed by atoms with Crippen LogP contribution in [0.1, 0.15) is 12.8 Å². The van der Waals surface area contributed by atoms with Crippen LogP contribution in [0, 0.1) is 35.5 Å². The molecule has 0 heterocycles. The van der Waals surface area contributed by atoms with E-state index in [0.717, 1.165) is 12.8 Å². The lowest BCUT2D eigenvalue weighted by molar-refractivity contribution is -0.144. The van der Waals surface area contributed by atoms with Crippen molar-refractivity contribution in [3.8, 4) is 0 Å². The third kappa shape index (κ3) is 0.837. The van der Waals surface area contributed by atoms with Gasteiger partial charge in [0.05, 0.1) is 11.8 Å². The molecular formula is C16H14O2. The third-order valence-corrected chi connectivity index (χ3v) is 5.78. The van der Waals surface area contributed by atoms with Crippen molar-refractivity contribution in [1.29, 1.82) is 0 Å². The predicted molar refractivity (Wildman–Crippen MR) is 65.5 cm³/mol. The van der Waals surface area contributed by atoms with Crippen LogP contribution in [0.3, 0.4) is 0 Å². The molecule has 2 nitrogen and oxygen atoms in total. The normalized spacial score (nSPS) is 50.4. The second-order valence-electron chi connectivity index (χ2n) is 6.42. The molecular weight excluding hydrogens is 224 g/mol. The van der Waals surface area contributed by atoms with Gasteiger partial charge in [0.15, 0.2) is 0 Å². The highest BCUT2D eigenvalue weighted by molar-refractivity contribution is 6.05. The zero-order chi connectivity index (χ0) is 12.0. The molecule has 0 radical (unpaired) electrons. The van der Waals surface area contributed by atoms with Crippen LogP contribution >= 0.6 is 0 Å². The number of rotatable bonds is 0. The van der Waals surface area contributed by atoms with Crippen LogP contribution in [-0.4, -0.2) is 11.6 Å². The first-order valence-electron chi connectivity index (χ1n) is 6.91. The van der Waals surface area contributed by atoms with E-state index in [1.165, 1.54) is 11.1 Å².